The number of rotatable bonds is 9. The van der Waals surface area contributed by atoms with E-state index in [9.17, 15) is 9.59 Å². The van der Waals surface area contributed by atoms with E-state index in [-0.39, 0.29) is 11.8 Å². The maximum absolute atomic E-state index is 12.3. The van der Waals surface area contributed by atoms with Crippen LogP contribution in [0.3, 0.4) is 0 Å². The fourth-order valence-electron chi connectivity index (χ4n) is 3.07. The highest BCUT2D eigenvalue weighted by Crippen LogP contribution is 2.22. The lowest BCUT2D eigenvalue weighted by Gasteiger charge is -2.13. The minimum atomic E-state index is -0.173. The van der Waals surface area contributed by atoms with Crippen molar-refractivity contribution in [2.24, 2.45) is 0 Å². The van der Waals surface area contributed by atoms with Crippen LogP contribution in [0.25, 0.3) is 0 Å². The van der Waals surface area contributed by atoms with Gasteiger partial charge in [-0.15, -0.1) is 0 Å². The molecule has 1 aliphatic heterocycles. The maximum Gasteiger partial charge on any atom is 0.261 e. The van der Waals surface area contributed by atoms with Crippen LogP contribution >= 0.6 is 0 Å². The monoisotopic (exact) mass is 352 g/mol. The van der Waals surface area contributed by atoms with Crippen molar-refractivity contribution in [3.63, 3.8) is 0 Å². The van der Waals surface area contributed by atoms with Crippen LogP contribution in [0, 0.1) is 0 Å². The molecule has 0 saturated carbocycles. The maximum atomic E-state index is 12.3. The number of hydrogen-bond donors (Lipinski definition) is 1. The number of imide groups is 1. The molecule has 2 amide bonds. The summed E-state index contributed by atoms with van der Waals surface area (Å²) in [5, 5.41) is 3.39. The molecule has 0 bridgehead atoms. The second-order valence-corrected chi connectivity index (χ2v) is 6.27. The summed E-state index contributed by atoms with van der Waals surface area (Å²) in [4.78, 5) is 25.9. The Hall–Kier alpha value is -2.66. The van der Waals surface area contributed by atoms with Gasteiger partial charge < -0.3 is 10.1 Å². The van der Waals surface area contributed by atoms with Gasteiger partial charge in [0.15, 0.2) is 0 Å². The summed E-state index contributed by atoms with van der Waals surface area (Å²) in [6.45, 7) is 4.75. The molecule has 0 aliphatic carbocycles. The van der Waals surface area contributed by atoms with Crippen molar-refractivity contribution in [1.29, 1.82) is 0 Å². The van der Waals surface area contributed by atoms with Gasteiger partial charge in [0.25, 0.3) is 11.8 Å². The van der Waals surface area contributed by atoms with Crippen molar-refractivity contribution in [1.82, 2.24) is 10.2 Å². The summed E-state index contributed by atoms with van der Waals surface area (Å²) in [5.74, 6) is 0.540. The van der Waals surface area contributed by atoms with Crippen molar-refractivity contribution in [2.45, 2.75) is 26.3 Å². The number of amides is 2. The number of nitrogens with zero attached hydrogens (tertiary/aromatic N) is 1. The van der Waals surface area contributed by atoms with Crippen molar-refractivity contribution in [3.8, 4) is 5.75 Å². The minimum Gasteiger partial charge on any atom is -0.494 e. The zero-order valence-electron chi connectivity index (χ0n) is 15.0. The van der Waals surface area contributed by atoms with Crippen LogP contribution in [0.2, 0.25) is 0 Å². The van der Waals surface area contributed by atoms with Gasteiger partial charge in [0.2, 0.25) is 0 Å². The van der Waals surface area contributed by atoms with Gasteiger partial charge in [0.1, 0.15) is 5.75 Å². The molecule has 1 aliphatic rings. The molecule has 0 aromatic heterocycles. The van der Waals surface area contributed by atoms with E-state index in [0.717, 1.165) is 31.7 Å². The van der Waals surface area contributed by atoms with E-state index in [1.807, 2.05) is 19.1 Å². The van der Waals surface area contributed by atoms with Gasteiger partial charge in [-0.3, -0.25) is 14.5 Å². The van der Waals surface area contributed by atoms with E-state index in [2.05, 4.69) is 17.4 Å². The number of fused-ring (bicyclic) bond motifs is 1. The molecule has 0 atom stereocenters. The molecule has 0 fully saturated rings. The summed E-state index contributed by atoms with van der Waals surface area (Å²) in [6, 6.07) is 15.1. The second-order valence-electron chi connectivity index (χ2n) is 6.27. The molecule has 0 spiro atoms. The van der Waals surface area contributed by atoms with E-state index < -0.39 is 0 Å². The van der Waals surface area contributed by atoms with Gasteiger partial charge >= 0.3 is 0 Å². The molecule has 5 heteroatoms. The summed E-state index contributed by atoms with van der Waals surface area (Å²) < 4.78 is 5.43. The summed E-state index contributed by atoms with van der Waals surface area (Å²) in [5.41, 5.74) is 2.24. The highest BCUT2D eigenvalue weighted by Gasteiger charge is 2.34. The topological polar surface area (TPSA) is 58.6 Å². The Morgan fingerprint density at radius 2 is 1.58 bits per heavy atom. The number of carbonyl (C=O) groups is 2. The van der Waals surface area contributed by atoms with Crippen molar-refractivity contribution < 1.29 is 14.3 Å². The Bertz CT molecular complexity index is 736. The Balaban J connectivity index is 1.36. The summed E-state index contributed by atoms with van der Waals surface area (Å²) in [6.07, 6.45) is 1.70. The first-order valence-corrected chi connectivity index (χ1v) is 9.08. The van der Waals surface area contributed by atoms with Gasteiger partial charge in [0.05, 0.1) is 17.7 Å². The fourth-order valence-corrected chi connectivity index (χ4v) is 3.07. The smallest absolute Gasteiger partial charge is 0.261 e. The largest absolute Gasteiger partial charge is 0.494 e. The van der Waals surface area contributed by atoms with Crippen LogP contribution in [0.4, 0.5) is 0 Å². The summed E-state index contributed by atoms with van der Waals surface area (Å²) >= 11 is 0. The van der Waals surface area contributed by atoms with E-state index in [4.69, 9.17) is 4.74 Å². The first-order valence-electron chi connectivity index (χ1n) is 9.08. The third-order valence-corrected chi connectivity index (χ3v) is 4.43. The Labute approximate surface area is 154 Å². The third-order valence-electron chi connectivity index (χ3n) is 4.43. The molecular formula is C21H24N2O3. The van der Waals surface area contributed by atoms with Crippen LogP contribution in [0.15, 0.2) is 48.5 Å². The predicted octanol–water partition coefficient (Wildman–Crippen LogP) is 3.25. The second kappa shape index (κ2) is 8.63. The number of nitrogens with one attached hydrogen (secondary N) is 1. The molecule has 26 heavy (non-hydrogen) atoms. The van der Waals surface area contributed by atoms with Crippen LogP contribution in [0.5, 0.6) is 5.75 Å². The van der Waals surface area contributed by atoms with Crippen molar-refractivity contribution in [3.05, 3.63) is 65.2 Å². The zero-order chi connectivity index (χ0) is 18.4. The quantitative estimate of drug-likeness (QED) is 0.556. The van der Waals surface area contributed by atoms with Crippen LogP contribution < -0.4 is 10.1 Å². The van der Waals surface area contributed by atoms with E-state index in [1.54, 1.807) is 24.3 Å². The number of benzene rings is 2. The molecule has 0 unspecified atom stereocenters. The molecule has 0 radical (unpaired) electrons. The van der Waals surface area contributed by atoms with Gasteiger partial charge in [0, 0.05) is 13.1 Å². The Morgan fingerprint density at radius 3 is 2.19 bits per heavy atom. The van der Waals surface area contributed by atoms with Gasteiger partial charge in [-0.05, 0) is 56.1 Å². The number of hydrogen-bond acceptors (Lipinski definition) is 4. The molecule has 3 rings (SSSR count). The average molecular weight is 352 g/mol. The SMILES string of the molecule is CCOc1ccc(CNCCCCN2C(=O)c3ccccc3C2=O)cc1. The molecular weight excluding hydrogens is 328 g/mol. The highest BCUT2D eigenvalue weighted by atomic mass is 16.5. The average Bonchev–Trinajstić information content (AvgIpc) is 2.91. The molecule has 2 aromatic rings. The number of ether oxygens (including phenoxy) is 1. The molecule has 2 aromatic carbocycles. The van der Waals surface area contributed by atoms with E-state index >= 15 is 0 Å². The van der Waals surface area contributed by atoms with Gasteiger partial charge in [-0.25, -0.2) is 0 Å². The molecule has 0 saturated heterocycles. The Morgan fingerprint density at radius 1 is 0.923 bits per heavy atom. The summed E-state index contributed by atoms with van der Waals surface area (Å²) in [7, 11) is 0. The first-order chi connectivity index (χ1) is 12.7. The van der Waals surface area contributed by atoms with E-state index in [0.29, 0.717) is 24.3 Å². The standard InChI is InChI=1S/C21H24N2O3/c1-2-26-17-11-9-16(10-12-17)15-22-13-5-6-14-23-20(24)18-7-3-4-8-19(18)21(23)25/h3-4,7-12,22H,2,5-6,13-15H2,1H3. The number of unbranched alkanes of at least 4 members (excludes halogenated alkanes) is 1. The zero-order valence-corrected chi connectivity index (χ0v) is 15.0. The minimum absolute atomic E-state index is 0.173. The highest BCUT2D eigenvalue weighted by molar-refractivity contribution is 6.21. The number of carbonyl (C=O) groups excluding carboxylic acids is 2. The van der Waals surface area contributed by atoms with Crippen LogP contribution in [0.1, 0.15) is 46.0 Å². The lowest BCUT2D eigenvalue weighted by atomic mass is 10.1. The van der Waals surface area contributed by atoms with Crippen molar-refractivity contribution >= 4 is 11.8 Å². The van der Waals surface area contributed by atoms with E-state index in [1.165, 1.54) is 10.5 Å². The molecule has 136 valence electrons. The Kier molecular flexibility index (Phi) is 6.02. The molecule has 5 nitrogen and oxygen atoms in total. The van der Waals surface area contributed by atoms with Crippen molar-refractivity contribution in [2.75, 3.05) is 19.7 Å². The van der Waals surface area contributed by atoms with Crippen LogP contribution in [-0.4, -0.2) is 36.4 Å². The fraction of sp³-hybridized carbons (Fsp3) is 0.333. The van der Waals surface area contributed by atoms with Gasteiger partial charge in [-0.2, -0.15) is 0 Å². The first kappa shape index (κ1) is 18.1. The third kappa shape index (κ3) is 4.11. The van der Waals surface area contributed by atoms with Crippen LogP contribution in [-0.2, 0) is 6.54 Å². The lowest BCUT2D eigenvalue weighted by Crippen LogP contribution is -2.31. The lowest BCUT2D eigenvalue weighted by molar-refractivity contribution is 0.0651. The molecule has 1 heterocycles. The normalized spacial score (nSPS) is 13.2. The molecule has 1 N–H and O–H groups in total. The van der Waals surface area contributed by atoms with Gasteiger partial charge in [-0.1, -0.05) is 24.3 Å². The predicted molar refractivity (Wildman–Crippen MR) is 100 cm³/mol.